The van der Waals surface area contributed by atoms with Crippen LogP contribution in [0.4, 0.5) is 0 Å². The quantitative estimate of drug-likeness (QED) is 0.372. The third-order valence-corrected chi connectivity index (χ3v) is 6.17. The maximum Gasteiger partial charge on any atom is 0.243 e. The molecule has 34 heavy (non-hydrogen) atoms. The fourth-order valence-electron chi connectivity index (χ4n) is 3.79. The van der Waals surface area contributed by atoms with Crippen molar-refractivity contribution in [3.8, 4) is 0 Å². The Morgan fingerprint density at radius 2 is 1.56 bits per heavy atom. The molecule has 0 aliphatic heterocycles. The van der Waals surface area contributed by atoms with Gasteiger partial charge in [0.2, 0.25) is 11.8 Å². The van der Waals surface area contributed by atoms with Gasteiger partial charge in [-0.15, -0.1) is 0 Å². The van der Waals surface area contributed by atoms with Crippen molar-refractivity contribution in [1.29, 1.82) is 0 Å². The monoisotopic (exact) mass is 520 g/mol. The normalized spacial score (nSPS) is 11.8. The van der Waals surface area contributed by atoms with E-state index >= 15 is 0 Å². The first kappa shape index (κ1) is 25.7. The summed E-state index contributed by atoms with van der Waals surface area (Å²) in [6.07, 6.45) is 0.704. The summed E-state index contributed by atoms with van der Waals surface area (Å²) in [7, 11) is 0. The van der Waals surface area contributed by atoms with Crippen LogP contribution in [0.5, 0.6) is 0 Å². The van der Waals surface area contributed by atoms with E-state index in [1.807, 2.05) is 85.8 Å². The van der Waals surface area contributed by atoms with Gasteiger partial charge in [0.05, 0.1) is 6.42 Å². The average Bonchev–Trinajstić information content (AvgIpc) is 2.82. The third-order valence-electron chi connectivity index (χ3n) is 5.67. The highest BCUT2D eigenvalue weighted by Crippen LogP contribution is 2.19. The van der Waals surface area contributed by atoms with E-state index in [9.17, 15) is 9.59 Å². The molecule has 0 saturated carbocycles. The van der Waals surface area contributed by atoms with E-state index in [-0.39, 0.29) is 18.2 Å². The number of carbonyl (C=O) groups excluding carboxylic acids is 2. The molecule has 1 N–H and O–H groups in total. The second-order valence-corrected chi connectivity index (χ2v) is 10.1. The first-order valence-electron chi connectivity index (χ1n) is 11.7. The van der Waals surface area contributed by atoms with Crippen molar-refractivity contribution in [2.75, 3.05) is 6.54 Å². The summed E-state index contributed by atoms with van der Waals surface area (Å²) >= 11 is 3.53. The zero-order valence-electron chi connectivity index (χ0n) is 20.1. The van der Waals surface area contributed by atoms with E-state index in [4.69, 9.17) is 0 Å². The van der Waals surface area contributed by atoms with Gasteiger partial charge in [-0.1, -0.05) is 102 Å². The van der Waals surface area contributed by atoms with Gasteiger partial charge >= 0.3 is 0 Å². The van der Waals surface area contributed by atoms with E-state index in [1.54, 1.807) is 4.90 Å². The molecule has 4 nitrogen and oxygen atoms in total. The van der Waals surface area contributed by atoms with Gasteiger partial charge < -0.3 is 10.2 Å². The molecular weight excluding hydrogens is 488 g/mol. The molecule has 178 valence electrons. The lowest BCUT2D eigenvalue weighted by Crippen LogP contribution is -2.51. The SMILES string of the molecule is Cc1ccc(CC(=O)N(Cc2cccc(Br)c2)C(Cc2ccccc2)C(=O)NCC(C)C)cc1. The molecule has 3 aromatic rings. The Labute approximate surface area is 211 Å². The summed E-state index contributed by atoms with van der Waals surface area (Å²) in [6, 6.07) is 25.2. The highest BCUT2D eigenvalue weighted by molar-refractivity contribution is 9.10. The van der Waals surface area contributed by atoms with E-state index < -0.39 is 6.04 Å². The Bertz CT molecular complexity index is 1080. The summed E-state index contributed by atoms with van der Waals surface area (Å²) < 4.78 is 0.944. The standard InChI is InChI=1S/C29H33BrN2O2/c1-21(2)19-31-29(34)27(17-23-8-5-4-6-9-23)32(20-25-10-7-11-26(30)16-25)28(33)18-24-14-12-22(3)13-15-24/h4-16,21,27H,17-20H2,1-3H3,(H,31,34). The maximum absolute atomic E-state index is 13.7. The molecule has 0 spiro atoms. The predicted octanol–water partition coefficient (Wildman–Crippen LogP) is 5.71. The van der Waals surface area contributed by atoms with Gasteiger partial charge in [0.15, 0.2) is 0 Å². The molecule has 0 bridgehead atoms. The van der Waals surface area contributed by atoms with Crippen LogP contribution in [-0.2, 0) is 29.0 Å². The number of amides is 2. The smallest absolute Gasteiger partial charge is 0.243 e. The van der Waals surface area contributed by atoms with Crippen LogP contribution >= 0.6 is 15.9 Å². The van der Waals surface area contributed by atoms with E-state index in [2.05, 4.69) is 35.1 Å². The van der Waals surface area contributed by atoms with Crippen molar-refractivity contribution < 1.29 is 9.59 Å². The molecule has 1 atom stereocenters. The predicted molar refractivity (Wildman–Crippen MR) is 141 cm³/mol. The Kier molecular flexibility index (Phi) is 9.46. The summed E-state index contributed by atoms with van der Waals surface area (Å²) in [4.78, 5) is 28.9. The molecule has 0 aromatic heterocycles. The van der Waals surface area contributed by atoms with Crippen LogP contribution < -0.4 is 5.32 Å². The van der Waals surface area contributed by atoms with Crippen LogP contribution in [0.2, 0.25) is 0 Å². The van der Waals surface area contributed by atoms with Gasteiger partial charge in [-0.05, 0) is 41.7 Å². The number of nitrogens with one attached hydrogen (secondary N) is 1. The number of halogens is 1. The number of benzene rings is 3. The van der Waals surface area contributed by atoms with Crippen LogP contribution in [0.3, 0.4) is 0 Å². The van der Waals surface area contributed by atoms with E-state index in [0.717, 1.165) is 26.7 Å². The second kappa shape index (κ2) is 12.5. The number of aryl methyl sites for hydroxylation is 1. The minimum absolute atomic E-state index is 0.0653. The van der Waals surface area contributed by atoms with Gasteiger partial charge in [0.1, 0.15) is 6.04 Å². The van der Waals surface area contributed by atoms with Crippen LogP contribution in [0, 0.1) is 12.8 Å². The summed E-state index contributed by atoms with van der Waals surface area (Å²) in [6.45, 7) is 7.08. The lowest BCUT2D eigenvalue weighted by molar-refractivity contribution is -0.140. The number of nitrogens with zero attached hydrogens (tertiary/aromatic N) is 1. The van der Waals surface area contributed by atoms with Crippen molar-refractivity contribution in [1.82, 2.24) is 10.2 Å². The molecule has 0 aliphatic rings. The molecule has 2 amide bonds. The topological polar surface area (TPSA) is 49.4 Å². The summed E-state index contributed by atoms with van der Waals surface area (Å²) in [5.74, 6) is 0.136. The highest BCUT2D eigenvalue weighted by Gasteiger charge is 2.30. The zero-order valence-corrected chi connectivity index (χ0v) is 21.7. The van der Waals surface area contributed by atoms with Gasteiger partial charge in [-0.2, -0.15) is 0 Å². The Balaban J connectivity index is 1.94. The first-order valence-corrected chi connectivity index (χ1v) is 12.5. The Hall–Kier alpha value is -2.92. The fraction of sp³-hybridized carbons (Fsp3) is 0.310. The van der Waals surface area contributed by atoms with Crippen LogP contribution in [-0.4, -0.2) is 29.3 Å². The van der Waals surface area contributed by atoms with Crippen molar-refractivity contribution in [3.63, 3.8) is 0 Å². The molecule has 0 aliphatic carbocycles. The van der Waals surface area contributed by atoms with Crippen molar-refractivity contribution in [3.05, 3.63) is 106 Å². The number of hydrogen-bond donors (Lipinski definition) is 1. The average molecular weight is 521 g/mol. The van der Waals surface area contributed by atoms with Crippen LogP contribution in [0.25, 0.3) is 0 Å². The highest BCUT2D eigenvalue weighted by atomic mass is 79.9. The molecule has 5 heteroatoms. The van der Waals surface area contributed by atoms with Crippen LogP contribution in [0.15, 0.2) is 83.3 Å². The Morgan fingerprint density at radius 3 is 2.21 bits per heavy atom. The van der Waals surface area contributed by atoms with Gasteiger partial charge in [0, 0.05) is 24.0 Å². The van der Waals surface area contributed by atoms with Gasteiger partial charge in [-0.3, -0.25) is 9.59 Å². The van der Waals surface area contributed by atoms with Crippen molar-refractivity contribution in [2.45, 2.75) is 46.2 Å². The van der Waals surface area contributed by atoms with Gasteiger partial charge in [-0.25, -0.2) is 0 Å². The molecular formula is C29H33BrN2O2. The molecule has 0 fully saturated rings. The molecule has 0 radical (unpaired) electrons. The van der Waals surface area contributed by atoms with E-state index in [0.29, 0.717) is 25.4 Å². The van der Waals surface area contributed by atoms with Gasteiger partial charge in [0.25, 0.3) is 0 Å². The molecule has 0 heterocycles. The number of hydrogen-bond acceptors (Lipinski definition) is 2. The fourth-order valence-corrected chi connectivity index (χ4v) is 4.24. The van der Waals surface area contributed by atoms with Crippen molar-refractivity contribution >= 4 is 27.7 Å². The zero-order chi connectivity index (χ0) is 24.5. The minimum Gasteiger partial charge on any atom is -0.354 e. The Morgan fingerprint density at radius 1 is 0.882 bits per heavy atom. The third kappa shape index (κ3) is 7.84. The molecule has 3 rings (SSSR count). The summed E-state index contributed by atoms with van der Waals surface area (Å²) in [5.41, 5.74) is 4.09. The lowest BCUT2D eigenvalue weighted by Gasteiger charge is -2.32. The minimum atomic E-state index is -0.613. The molecule has 0 saturated heterocycles. The maximum atomic E-state index is 13.7. The lowest BCUT2D eigenvalue weighted by atomic mass is 10.0. The second-order valence-electron chi connectivity index (χ2n) is 9.16. The summed E-state index contributed by atoms with van der Waals surface area (Å²) in [5, 5.41) is 3.06. The number of rotatable bonds is 10. The number of carbonyl (C=O) groups is 2. The molecule has 1 unspecified atom stereocenters. The molecule has 3 aromatic carbocycles. The van der Waals surface area contributed by atoms with Crippen LogP contribution in [0.1, 0.15) is 36.1 Å². The van der Waals surface area contributed by atoms with E-state index in [1.165, 1.54) is 0 Å². The first-order chi connectivity index (χ1) is 16.3. The van der Waals surface area contributed by atoms with Crippen molar-refractivity contribution in [2.24, 2.45) is 5.92 Å². The largest absolute Gasteiger partial charge is 0.354 e.